The Kier molecular flexibility index (Phi) is 4.27. The van der Waals surface area contributed by atoms with Gasteiger partial charge in [0.1, 0.15) is 11.6 Å². The van der Waals surface area contributed by atoms with Gasteiger partial charge in [-0.1, -0.05) is 6.92 Å². The van der Waals surface area contributed by atoms with E-state index in [1.165, 1.54) is 12.1 Å². The molecule has 0 fully saturated rings. The predicted molar refractivity (Wildman–Crippen MR) is 75.6 cm³/mol. The van der Waals surface area contributed by atoms with Crippen LogP contribution >= 0.6 is 0 Å². The van der Waals surface area contributed by atoms with Gasteiger partial charge < -0.3 is 5.32 Å². The van der Waals surface area contributed by atoms with E-state index < -0.39 is 11.6 Å². The largest absolute Gasteiger partial charge is 0.368 e. The molecule has 106 valence electrons. The molecular formula is C15H17F2N3. The number of halogens is 2. The van der Waals surface area contributed by atoms with Gasteiger partial charge in [-0.2, -0.15) is 0 Å². The summed E-state index contributed by atoms with van der Waals surface area (Å²) >= 11 is 0. The molecule has 20 heavy (non-hydrogen) atoms. The minimum atomic E-state index is -0.629. The molecule has 1 heterocycles. The average Bonchev–Trinajstić information content (AvgIpc) is 2.41. The van der Waals surface area contributed by atoms with E-state index in [9.17, 15) is 8.78 Å². The third kappa shape index (κ3) is 2.76. The second kappa shape index (κ2) is 5.94. The highest BCUT2D eigenvalue weighted by molar-refractivity contribution is 5.67. The Balaban J connectivity index is 2.45. The number of nitrogens with one attached hydrogen (secondary N) is 1. The van der Waals surface area contributed by atoms with Crippen molar-refractivity contribution in [2.45, 2.75) is 27.2 Å². The fourth-order valence-corrected chi connectivity index (χ4v) is 1.95. The third-order valence-corrected chi connectivity index (χ3v) is 3.25. The van der Waals surface area contributed by atoms with Crippen molar-refractivity contribution in [1.29, 1.82) is 0 Å². The van der Waals surface area contributed by atoms with Gasteiger partial charge in [0.2, 0.25) is 0 Å². The molecule has 0 saturated heterocycles. The van der Waals surface area contributed by atoms with Gasteiger partial charge in [0, 0.05) is 18.2 Å². The summed E-state index contributed by atoms with van der Waals surface area (Å²) in [5.41, 5.74) is 2.47. The molecule has 1 aromatic heterocycles. The van der Waals surface area contributed by atoms with E-state index in [-0.39, 0.29) is 5.56 Å². The number of rotatable bonds is 4. The molecule has 5 heteroatoms. The number of aromatic nitrogens is 2. The van der Waals surface area contributed by atoms with Crippen LogP contribution in [0.1, 0.15) is 24.5 Å². The lowest BCUT2D eigenvalue weighted by molar-refractivity contribution is 0.585. The van der Waals surface area contributed by atoms with Crippen molar-refractivity contribution in [3.05, 3.63) is 41.0 Å². The molecule has 0 aliphatic carbocycles. The summed E-state index contributed by atoms with van der Waals surface area (Å²) in [6.07, 6.45) is 0.981. The van der Waals surface area contributed by atoms with Crippen molar-refractivity contribution in [1.82, 2.24) is 10.2 Å². The highest BCUT2D eigenvalue weighted by atomic mass is 19.1. The first-order valence-electron chi connectivity index (χ1n) is 6.57. The van der Waals surface area contributed by atoms with E-state index in [0.717, 1.165) is 30.2 Å². The quantitative estimate of drug-likeness (QED) is 0.922. The van der Waals surface area contributed by atoms with Crippen LogP contribution in [0.4, 0.5) is 14.6 Å². The van der Waals surface area contributed by atoms with Crippen LogP contribution in [0.3, 0.4) is 0 Å². The molecule has 1 N–H and O–H groups in total. The normalized spacial score (nSPS) is 10.7. The van der Waals surface area contributed by atoms with E-state index in [2.05, 4.69) is 22.4 Å². The maximum Gasteiger partial charge on any atom is 0.151 e. The number of anilines is 1. The van der Waals surface area contributed by atoms with Crippen molar-refractivity contribution in [3.8, 4) is 11.3 Å². The van der Waals surface area contributed by atoms with Crippen molar-refractivity contribution in [2.75, 3.05) is 11.9 Å². The summed E-state index contributed by atoms with van der Waals surface area (Å²) in [5.74, 6) is -0.526. The number of hydrogen-bond donors (Lipinski definition) is 1. The van der Waals surface area contributed by atoms with Crippen LogP contribution in [0, 0.1) is 25.5 Å². The molecule has 0 spiro atoms. The Morgan fingerprint density at radius 1 is 1.10 bits per heavy atom. The van der Waals surface area contributed by atoms with E-state index >= 15 is 0 Å². The fourth-order valence-electron chi connectivity index (χ4n) is 1.95. The maximum atomic E-state index is 13.8. The van der Waals surface area contributed by atoms with Gasteiger partial charge in [-0.15, -0.1) is 10.2 Å². The summed E-state index contributed by atoms with van der Waals surface area (Å²) in [7, 11) is 0. The van der Waals surface area contributed by atoms with Crippen molar-refractivity contribution >= 4 is 5.82 Å². The number of nitrogens with zero attached hydrogens (tertiary/aromatic N) is 2. The lowest BCUT2D eigenvalue weighted by Crippen LogP contribution is -2.08. The lowest BCUT2D eigenvalue weighted by Gasteiger charge is -2.12. The first kappa shape index (κ1) is 14.4. The topological polar surface area (TPSA) is 37.8 Å². The summed E-state index contributed by atoms with van der Waals surface area (Å²) < 4.78 is 26.8. The Labute approximate surface area is 117 Å². The van der Waals surface area contributed by atoms with Gasteiger partial charge in [-0.3, -0.25) is 0 Å². The second-order valence-electron chi connectivity index (χ2n) is 4.70. The van der Waals surface area contributed by atoms with Crippen LogP contribution in [-0.2, 0) is 0 Å². The highest BCUT2D eigenvalue weighted by Crippen LogP contribution is 2.28. The van der Waals surface area contributed by atoms with Gasteiger partial charge in [-0.25, -0.2) is 8.78 Å². The molecule has 0 unspecified atom stereocenters. The SMILES string of the molecule is CCCNc1nnc(-c2ccc(F)cc2F)c(C)c1C. The zero-order chi connectivity index (χ0) is 14.7. The minimum Gasteiger partial charge on any atom is -0.368 e. The number of hydrogen-bond acceptors (Lipinski definition) is 3. The summed E-state index contributed by atoms with van der Waals surface area (Å²) in [6, 6.07) is 3.47. The number of benzene rings is 1. The molecule has 1 aromatic carbocycles. The van der Waals surface area contributed by atoms with Gasteiger partial charge in [0.25, 0.3) is 0 Å². The Morgan fingerprint density at radius 3 is 2.50 bits per heavy atom. The Bertz CT molecular complexity index is 627. The standard InChI is InChI=1S/C15H17F2N3/c1-4-7-18-15-10(3)9(2)14(19-20-15)12-6-5-11(16)8-13(12)17/h5-6,8H,4,7H2,1-3H3,(H,18,20). The van der Waals surface area contributed by atoms with Gasteiger partial charge in [-0.05, 0) is 43.5 Å². The Morgan fingerprint density at radius 2 is 1.85 bits per heavy atom. The van der Waals surface area contributed by atoms with Gasteiger partial charge >= 0.3 is 0 Å². The molecule has 3 nitrogen and oxygen atoms in total. The smallest absolute Gasteiger partial charge is 0.151 e. The van der Waals surface area contributed by atoms with Gasteiger partial charge in [0.15, 0.2) is 5.82 Å². The zero-order valence-electron chi connectivity index (χ0n) is 11.8. The van der Waals surface area contributed by atoms with Gasteiger partial charge in [0.05, 0.1) is 5.69 Å². The molecule has 2 rings (SSSR count). The minimum absolute atomic E-state index is 0.265. The summed E-state index contributed by atoms with van der Waals surface area (Å²) in [6.45, 7) is 6.64. The van der Waals surface area contributed by atoms with Crippen LogP contribution in [0.25, 0.3) is 11.3 Å². The first-order chi connectivity index (χ1) is 9.54. The third-order valence-electron chi connectivity index (χ3n) is 3.25. The van der Waals surface area contributed by atoms with Crippen LogP contribution in [0.5, 0.6) is 0 Å². The Hall–Kier alpha value is -2.04. The van der Waals surface area contributed by atoms with Crippen LogP contribution in [-0.4, -0.2) is 16.7 Å². The maximum absolute atomic E-state index is 13.8. The molecule has 0 radical (unpaired) electrons. The molecule has 0 amide bonds. The van der Waals surface area contributed by atoms with E-state index in [1.807, 2.05) is 13.8 Å². The molecule has 0 atom stereocenters. The van der Waals surface area contributed by atoms with Crippen molar-refractivity contribution in [2.24, 2.45) is 0 Å². The van der Waals surface area contributed by atoms with Crippen molar-refractivity contribution in [3.63, 3.8) is 0 Å². The molecule has 0 aliphatic heterocycles. The molecular weight excluding hydrogens is 260 g/mol. The molecule has 0 bridgehead atoms. The second-order valence-corrected chi connectivity index (χ2v) is 4.70. The van der Waals surface area contributed by atoms with Crippen molar-refractivity contribution < 1.29 is 8.78 Å². The fraction of sp³-hybridized carbons (Fsp3) is 0.333. The van der Waals surface area contributed by atoms with E-state index in [0.29, 0.717) is 11.5 Å². The van der Waals surface area contributed by atoms with E-state index in [1.54, 1.807) is 0 Å². The van der Waals surface area contributed by atoms with Crippen LogP contribution < -0.4 is 5.32 Å². The first-order valence-corrected chi connectivity index (χ1v) is 6.57. The summed E-state index contributed by atoms with van der Waals surface area (Å²) in [4.78, 5) is 0. The molecule has 0 aliphatic rings. The van der Waals surface area contributed by atoms with E-state index in [4.69, 9.17) is 0 Å². The zero-order valence-corrected chi connectivity index (χ0v) is 11.8. The monoisotopic (exact) mass is 277 g/mol. The summed E-state index contributed by atoms with van der Waals surface area (Å²) in [5, 5.41) is 11.4. The average molecular weight is 277 g/mol. The van der Waals surface area contributed by atoms with Crippen LogP contribution in [0.2, 0.25) is 0 Å². The lowest BCUT2D eigenvalue weighted by atomic mass is 10.0. The van der Waals surface area contributed by atoms with Crippen LogP contribution in [0.15, 0.2) is 18.2 Å². The predicted octanol–water partition coefficient (Wildman–Crippen LogP) is 3.86. The highest BCUT2D eigenvalue weighted by Gasteiger charge is 2.14. The molecule has 0 saturated carbocycles. The molecule has 2 aromatic rings.